The fourth-order valence-corrected chi connectivity index (χ4v) is 3.68. The number of hydrogen-bond acceptors (Lipinski definition) is 4. The van der Waals surface area contributed by atoms with Crippen molar-refractivity contribution in [1.29, 1.82) is 0 Å². The Morgan fingerprint density at radius 3 is 2.60 bits per heavy atom. The van der Waals surface area contributed by atoms with Gasteiger partial charge in [0.25, 0.3) is 0 Å². The van der Waals surface area contributed by atoms with Crippen LogP contribution in [0.25, 0.3) is 0 Å². The van der Waals surface area contributed by atoms with Gasteiger partial charge in [-0.15, -0.1) is 0 Å². The van der Waals surface area contributed by atoms with Crippen LogP contribution in [0.3, 0.4) is 0 Å². The summed E-state index contributed by atoms with van der Waals surface area (Å²) < 4.78 is 22.6. The van der Waals surface area contributed by atoms with Crippen molar-refractivity contribution >= 4 is 15.7 Å². The van der Waals surface area contributed by atoms with Gasteiger partial charge in [0, 0.05) is 19.0 Å². The number of carbonyl (C=O) groups excluding carboxylic acids is 1. The Bertz CT molecular complexity index is 326. The number of sulfone groups is 1. The number of nitrogens with two attached hydrogens (primary N) is 1. The van der Waals surface area contributed by atoms with Gasteiger partial charge in [-0.2, -0.15) is 0 Å². The molecule has 0 saturated carbocycles. The van der Waals surface area contributed by atoms with Crippen LogP contribution in [-0.2, 0) is 14.6 Å². The lowest BCUT2D eigenvalue weighted by molar-refractivity contribution is -0.118. The quantitative estimate of drug-likeness (QED) is 0.687. The molecule has 1 aliphatic rings. The van der Waals surface area contributed by atoms with E-state index in [1.165, 1.54) is 0 Å². The molecule has 0 aliphatic carbocycles. The van der Waals surface area contributed by atoms with Crippen molar-refractivity contribution in [3.05, 3.63) is 0 Å². The largest absolute Gasteiger partial charge is 0.370 e. The summed E-state index contributed by atoms with van der Waals surface area (Å²) in [6.45, 7) is 3.28. The predicted octanol–water partition coefficient (Wildman–Crippen LogP) is -0.629. The first kappa shape index (κ1) is 12.4. The SMILES string of the molecule is CCN(CCC(N)=O)C1CCS(=O)(=O)C1. The maximum atomic E-state index is 11.3. The zero-order valence-electron chi connectivity index (χ0n) is 8.98. The van der Waals surface area contributed by atoms with E-state index in [-0.39, 0.29) is 23.5 Å². The van der Waals surface area contributed by atoms with Gasteiger partial charge in [-0.1, -0.05) is 6.92 Å². The lowest BCUT2D eigenvalue weighted by Gasteiger charge is -2.25. The van der Waals surface area contributed by atoms with E-state index in [9.17, 15) is 13.2 Å². The summed E-state index contributed by atoms with van der Waals surface area (Å²) >= 11 is 0. The van der Waals surface area contributed by atoms with Gasteiger partial charge in [-0.3, -0.25) is 9.69 Å². The standard InChI is InChI=1S/C9H18N2O3S/c1-2-11(5-3-9(10)12)8-4-6-15(13,14)7-8/h8H,2-7H2,1H3,(H2,10,12). The molecule has 0 spiro atoms. The molecule has 88 valence electrons. The summed E-state index contributed by atoms with van der Waals surface area (Å²) in [5, 5.41) is 0. The van der Waals surface area contributed by atoms with Crippen LogP contribution >= 0.6 is 0 Å². The molecule has 1 aliphatic heterocycles. The molecule has 1 amide bonds. The molecule has 1 atom stereocenters. The van der Waals surface area contributed by atoms with Crippen molar-refractivity contribution in [2.75, 3.05) is 24.6 Å². The van der Waals surface area contributed by atoms with Crippen molar-refractivity contribution < 1.29 is 13.2 Å². The molecule has 0 radical (unpaired) electrons. The first-order chi connectivity index (χ1) is 6.94. The number of rotatable bonds is 5. The highest BCUT2D eigenvalue weighted by molar-refractivity contribution is 7.91. The van der Waals surface area contributed by atoms with E-state index < -0.39 is 9.84 Å². The molecule has 0 aromatic carbocycles. The molecule has 6 heteroatoms. The topological polar surface area (TPSA) is 80.5 Å². The summed E-state index contributed by atoms with van der Waals surface area (Å²) in [5.74, 6) is 0.152. The zero-order chi connectivity index (χ0) is 11.5. The lowest BCUT2D eigenvalue weighted by Crippen LogP contribution is -2.38. The molecule has 15 heavy (non-hydrogen) atoms. The van der Waals surface area contributed by atoms with Gasteiger partial charge in [0.1, 0.15) is 0 Å². The van der Waals surface area contributed by atoms with Crippen molar-refractivity contribution in [2.24, 2.45) is 5.73 Å². The Morgan fingerprint density at radius 2 is 2.20 bits per heavy atom. The fraction of sp³-hybridized carbons (Fsp3) is 0.889. The molecule has 1 saturated heterocycles. The van der Waals surface area contributed by atoms with Gasteiger partial charge in [-0.05, 0) is 13.0 Å². The molecular formula is C9H18N2O3S. The average molecular weight is 234 g/mol. The Morgan fingerprint density at radius 1 is 1.53 bits per heavy atom. The van der Waals surface area contributed by atoms with Gasteiger partial charge in [0.2, 0.25) is 5.91 Å². The third kappa shape index (κ3) is 3.79. The highest BCUT2D eigenvalue weighted by Crippen LogP contribution is 2.17. The summed E-state index contributed by atoms with van der Waals surface area (Å²) in [6, 6.07) is 0.0688. The summed E-state index contributed by atoms with van der Waals surface area (Å²) in [5.41, 5.74) is 5.06. The van der Waals surface area contributed by atoms with Crippen molar-refractivity contribution in [3.8, 4) is 0 Å². The molecule has 5 nitrogen and oxygen atoms in total. The molecule has 0 bridgehead atoms. The highest BCUT2D eigenvalue weighted by Gasteiger charge is 2.31. The fourth-order valence-electron chi connectivity index (χ4n) is 1.92. The second-order valence-electron chi connectivity index (χ2n) is 3.90. The van der Waals surface area contributed by atoms with E-state index in [0.717, 1.165) is 6.54 Å². The molecule has 2 N–H and O–H groups in total. The zero-order valence-corrected chi connectivity index (χ0v) is 9.79. The average Bonchev–Trinajstić information content (AvgIpc) is 2.47. The Labute approximate surface area is 90.5 Å². The Kier molecular flexibility index (Phi) is 4.10. The van der Waals surface area contributed by atoms with E-state index >= 15 is 0 Å². The molecular weight excluding hydrogens is 216 g/mol. The highest BCUT2D eigenvalue weighted by atomic mass is 32.2. The van der Waals surface area contributed by atoms with Crippen molar-refractivity contribution in [2.45, 2.75) is 25.8 Å². The van der Waals surface area contributed by atoms with Gasteiger partial charge >= 0.3 is 0 Å². The van der Waals surface area contributed by atoms with E-state index in [0.29, 0.717) is 19.4 Å². The smallest absolute Gasteiger partial charge is 0.218 e. The van der Waals surface area contributed by atoms with Crippen molar-refractivity contribution in [3.63, 3.8) is 0 Å². The van der Waals surface area contributed by atoms with Crippen LogP contribution < -0.4 is 5.73 Å². The van der Waals surface area contributed by atoms with Gasteiger partial charge in [0.15, 0.2) is 9.84 Å². The normalized spacial score (nSPS) is 24.5. The maximum absolute atomic E-state index is 11.3. The van der Waals surface area contributed by atoms with Crippen LogP contribution in [0.1, 0.15) is 19.8 Å². The summed E-state index contributed by atoms with van der Waals surface area (Å²) in [4.78, 5) is 12.7. The number of primary amides is 1. The third-order valence-electron chi connectivity index (χ3n) is 2.78. The van der Waals surface area contributed by atoms with Crippen molar-refractivity contribution in [1.82, 2.24) is 4.90 Å². The molecule has 0 aromatic rings. The van der Waals surface area contributed by atoms with Crippen LogP contribution in [-0.4, -0.2) is 49.9 Å². The summed E-state index contributed by atoms with van der Waals surface area (Å²) in [6.07, 6.45) is 0.972. The van der Waals surface area contributed by atoms with Crippen LogP contribution in [0, 0.1) is 0 Å². The van der Waals surface area contributed by atoms with Crippen LogP contribution in [0.15, 0.2) is 0 Å². The monoisotopic (exact) mass is 234 g/mol. The van der Waals surface area contributed by atoms with E-state index in [4.69, 9.17) is 5.73 Å². The molecule has 1 unspecified atom stereocenters. The third-order valence-corrected chi connectivity index (χ3v) is 4.53. The Hall–Kier alpha value is -0.620. The maximum Gasteiger partial charge on any atom is 0.218 e. The second-order valence-corrected chi connectivity index (χ2v) is 6.13. The van der Waals surface area contributed by atoms with Crippen LogP contribution in [0.2, 0.25) is 0 Å². The lowest BCUT2D eigenvalue weighted by atomic mass is 10.2. The van der Waals surface area contributed by atoms with Gasteiger partial charge in [0.05, 0.1) is 11.5 Å². The molecule has 0 aromatic heterocycles. The van der Waals surface area contributed by atoms with E-state index in [2.05, 4.69) is 0 Å². The minimum Gasteiger partial charge on any atom is -0.370 e. The van der Waals surface area contributed by atoms with Crippen LogP contribution in [0.4, 0.5) is 0 Å². The number of nitrogens with zero attached hydrogens (tertiary/aromatic N) is 1. The first-order valence-electron chi connectivity index (χ1n) is 5.17. The number of amides is 1. The van der Waals surface area contributed by atoms with E-state index in [1.54, 1.807) is 0 Å². The predicted molar refractivity (Wildman–Crippen MR) is 58.1 cm³/mol. The van der Waals surface area contributed by atoms with E-state index in [1.807, 2.05) is 11.8 Å². The second kappa shape index (κ2) is 4.94. The molecule has 1 fully saturated rings. The first-order valence-corrected chi connectivity index (χ1v) is 6.99. The minimum atomic E-state index is -2.85. The van der Waals surface area contributed by atoms with Crippen LogP contribution in [0.5, 0.6) is 0 Å². The van der Waals surface area contributed by atoms with Gasteiger partial charge < -0.3 is 5.73 Å². The molecule has 1 heterocycles. The Balaban J connectivity index is 2.49. The molecule has 1 rings (SSSR count). The minimum absolute atomic E-state index is 0.0688. The van der Waals surface area contributed by atoms with Gasteiger partial charge in [-0.25, -0.2) is 8.42 Å². The summed E-state index contributed by atoms with van der Waals surface area (Å²) in [7, 11) is -2.85. The number of carbonyl (C=O) groups is 1. The number of hydrogen-bond donors (Lipinski definition) is 1.